The monoisotopic (exact) mass is 306 g/mol. The van der Waals surface area contributed by atoms with Crippen molar-refractivity contribution in [3.8, 4) is 11.5 Å². The quantitative estimate of drug-likeness (QED) is 0.748. The molecule has 1 atom stereocenters. The number of nitrogens with zero attached hydrogens (tertiary/aromatic N) is 1. The molecule has 0 saturated carbocycles. The van der Waals surface area contributed by atoms with Gasteiger partial charge in [0.25, 0.3) is 0 Å². The van der Waals surface area contributed by atoms with Crippen LogP contribution < -0.4 is 15.2 Å². The molecule has 2 N–H and O–H groups in total. The fraction of sp³-hybridized carbons (Fsp3) is 0.588. The first-order chi connectivity index (χ1) is 10.8. The van der Waals surface area contributed by atoms with Crippen LogP contribution in [0.25, 0.3) is 0 Å². The Labute approximate surface area is 132 Å². The molecule has 1 aromatic rings. The summed E-state index contributed by atoms with van der Waals surface area (Å²) in [5.41, 5.74) is 5.71. The predicted octanol–water partition coefficient (Wildman–Crippen LogP) is 2.19. The van der Waals surface area contributed by atoms with Gasteiger partial charge in [-0.15, -0.1) is 0 Å². The molecular weight excluding hydrogens is 280 g/mol. The van der Waals surface area contributed by atoms with Gasteiger partial charge in [-0.2, -0.15) is 0 Å². The van der Waals surface area contributed by atoms with Crippen LogP contribution >= 0.6 is 0 Å². The van der Waals surface area contributed by atoms with Crippen LogP contribution in [0.4, 0.5) is 0 Å². The van der Waals surface area contributed by atoms with Crippen LogP contribution in [0.15, 0.2) is 24.3 Å². The van der Waals surface area contributed by atoms with Gasteiger partial charge >= 0.3 is 0 Å². The van der Waals surface area contributed by atoms with Crippen molar-refractivity contribution in [3.63, 3.8) is 0 Å². The summed E-state index contributed by atoms with van der Waals surface area (Å²) in [7, 11) is 0. The SMILES string of the molecule is CCOc1ccccc1OCCCC(=O)N1CCCC1CN. The first-order valence-corrected chi connectivity index (χ1v) is 8.10. The van der Waals surface area contributed by atoms with E-state index in [0.717, 1.165) is 30.9 Å². The van der Waals surface area contributed by atoms with Crippen LogP contribution in [-0.2, 0) is 4.79 Å². The highest BCUT2D eigenvalue weighted by Gasteiger charge is 2.26. The van der Waals surface area contributed by atoms with Gasteiger partial charge < -0.3 is 20.1 Å². The van der Waals surface area contributed by atoms with Crippen molar-refractivity contribution in [2.24, 2.45) is 5.73 Å². The van der Waals surface area contributed by atoms with Crippen molar-refractivity contribution in [3.05, 3.63) is 24.3 Å². The molecule has 1 aromatic carbocycles. The summed E-state index contributed by atoms with van der Waals surface area (Å²) < 4.78 is 11.2. The van der Waals surface area contributed by atoms with Gasteiger partial charge in [-0.05, 0) is 38.3 Å². The summed E-state index contributed by atoms with van der Waals surface area (Å²) >= 11 is 0. The molecule has 2 rings (SSSR count). The van der Waals surface area contributed by atoms with E-state index in [4.69, 9.17) is 15.2 Å². The Morgan fingerprint density at radius 3 is 2.73 bits per heavy atom. The van der Waals surface area contributed by atoms with Gasteiger partial charge in [0, 0.05) is 25.6 Å². The molecule has 0 bridgehead atoms. The zero-order chi connectivity index (χ0) is 15.8. The molecular formula is C17H26N2O3. The molecule has 22 heavy (non-hydrogen) atoms. The lowest BCUT2D eigenvalue weighted by atomic mass is 10.2. The lowest BCUT2D eigenvalue weighted by Crippen LogP contribution is -2.39. The molecule has 0 aliphatic carbocycles. The third-order valence-corrected chi connectivity index (χ3v) is 3.91. The number of para-hydroxylation sites is 2. The normalized spacial score (nSPS) is 17.5. The number of amides is 1. The van der Waals surface area contributed by atoms with Crippen LogP contribution in [0.1, 0.15) is 32.6 Å². The third-order valence-electron chi connectivity index (χ3n) is 3.91. The first-order valence-electron chi connectivity index (χ1n) is 8.10. The Kier molecular flexibility index (Phi) is 6.52. The topological polar surface area (TPSA) is 64.8 Å². The van der Waals surface area contributed by atoms with E-state index in [-0.39, 0.29) is 11.9 Å². The molecule has 0 radical (unpaired) electrons. The smallest absolute Gasteiger partial charge is 0.222 e. The van der Waals surface area contributed by atoms with Gasteiger partial charge in [0.15, 0.2) is 11.5 Å². The molecule has 1 fully saturated rings. The lowest BCUT2D eigenvalue weighted by molar-refractivity contribution is -0.132. The lowest BCUT2D eigenvalue weighted by Gasteiger charge is -2.23. The average Bonchev–Trinajstić information content (AvgIpc) is 3.01. The highest BCUT2D eigenvalue weighted by Crippen LogP contribution is 2.26. The van der Waals surface area contributed by atoms with E-state index in [0.29, 0.717) is 32.6 Å². The molecule has 1 amide bonds. The van der Waals surface area contributed by atoms with Gasteiger partial charge in [-0.3, -0.25) is 4.79 Å². The maximum atomic E-state index is 12.2. The number of ether oxygens (including phenoxy) is 2. The second-order valence-corrected chi connectivity index (χ2v) is 5.45. The van der Waals surface area contributed by atoms with Crippen LogP contribution in [0.3, 0.4) is 0 Å². The van der Waals surface area contributed by atoms with Gasteiger partial charge in [0.1, 0.15) is 0 Å². The number of carbonyl (C=O) groups excluding carboxylic acids is 1. The average molecular weight is 306 g/mol. The zero-order valence-electron chi connectivity index (χ0n) is 13.3. The van der Waals surface area contributed by atoms with Gasteiger partial charge in [0.2, 0.25) is 5.91 Å². The minimum atomic E-state index is 0.189. The fourth-order valence-corrected chi connectivity index (χ4v) is 2.80. The van der Waals surface area contributed by atoms with Crippen molar-refractivity contribution < 1.29 is 14.3 Å². The molecule has 5 nitrogen and oxygen atoms in total. The molecule has 1 saturated heterocycles. The Bertz CT molecular complexity index is 479. The second-order valence-electron chi connectivity index (χ2n) is 5.45. The Morgan fingerprint density at radius 2 is 2.05 bits per heavy atom. The van der Waals surface area contributed by atoms with E-state index in [2.05, 4.69) is 0 Å². The molecule has 1 aliphatic rings. The molecule has 122 valence electrons. The van der Waals surface area contributed by atoms with Gasteiger partial charge in [-0.25, -0.2) is 0 Å². The molecule has 5 heteroatoms. The van der Waals surface area contributed by atoms with E-state index in [9.17, 15) is 4.79 Å². The van der Waals surface area contributed by atoms with E-state index in [1.54, 1.807) is 0 Å². The highest BCUT2D eigenvalue weighted by molar-refractivity contribution is 5.76. The van der Waals surface area contributed by atoms with Crippen molar-refractivity contribution in [2.45, 2.75) is 38.6 Å². The maximum Gasteiger partial charge on any atom is 0.222 e. The number of benzene rings is 1. The summed E-state index contributed by atoms with van der Waals surface area (Å²) in [5.74, 6) is 1.67. The summed E-state index contributed by atoms with van der Waals surface area (Å²) in [4.78, 5) is 14.1. The number of nitrogens with two attached hydrogens (primary N) is 1. The molecule has 0 aromatic heterocycles. The Morgan fingerprint density at radius 1 is 1.32 bits per heavy atom. The van der Waals surface area contributed by atoms with Gasteiger partial charge in [-0.1, -0.05) is 12.1 Å². The summed E-state index contributed by atoms with van der Waals surface area (Å²) in [5, 5.41) is 0. The first kappa shape index (κ1) is 16.6. The van der Waals surface area contributed by atoms with Crippen LogP contribution in [0.5, 0.6) is 11.5 Å². The number of hydrogen-bond donors (Lipinski definition) is 1. The second kappa shape index (κ2) is 8.63. The minimum absolute atomic E-state index is 0.189. The van der Waals surface area contributed by atoms with E-state index >= 15 is 0 Å². The largest absolute Gasteiger partial charge is 0.490 e. The van der Waals surface area contributed by atoms with E-state index in [1.807, 2.05) is 36.1 Å². The van der Waals surface area contributed by atoms with Crippen molar-refractivity contribution >= 4 is 5.91 Å². The minimum Gasteiger partial charge on any atom is -0.490 e. The number of likely N-dealkylation sites (tertiary alicyclic amines) is 1. The summed E-state index contributed by atoms with van der Waals surface area (Å²) in [6.07, 6.45) is 3.30. The van der Waals surface area contributed by atoms with Crippen LogP contribution in [0, 0.1) is 0 Å². The fourth-order valence-electron chi connectivity index (χ4n) is 2.80. The number of rotatable bonds is 8. The predicted molar refractivity (Wildman–Crippen MR) is 86.1 cm³/mol. The van der Waals surface area contributed by atoms with Crippen molar-refractivity contribution in [1.29, 1.82) is 0 Å². The highest BCUT2D eigenvalue weighted by atomic mass is 16.5. The summed E-state index contributed by atoms with van der Waals surface area (Å²) in [6, 6.07) is 7.84. The van der Waals surface area contributed by atoms with E-state index in [1.165, 1.54) is 0 Å². The standard InChI is InChI=1S/C17H26N2O3/c1-2-21-15-8-3-4-9-16(15)22-12-6-10-17(20)19-11-5-7-14(19)13-18/h3-4,8-9,14H,2,5-7,10-13,18H2,1H3. The molecule has 1 aliphatic heterocycles. The van der Waals surface area contributed by atoms with Crippen LogP contribution in [0.2, 0.25) is 0 Å². The van der Waals surface area contributed by atoms with Gasteiger partial charge in [0.05, 0.1) is 13.2 Å². The third kappa shape index (κ3) is 4.37. The Hall–Kier alpha value is -1.75. The molecule has 1 unspecified atom stereocenters. The van der Waals surface area contributed by atoms with Crippen molar-refractivity contribution in [1.82, 2.24) is 4.90 Å². The number of hydrogen-bond acceptors (Lipinski definition) is 4. The van der Waals surface area contributed by atoms with Crippen LogP contribution in [-0.4, -0.2) is 43.2 Å². The Balaban J connectivity index is 1.74. The van der Waals surface area contributed by atoms with E-state index < -0.39 is 0 Å². The molecule has 0 spiro atoms. The van der Waals surface area contributed by atoms with Crippen molar-refractivity contribution in [2.75, 3.05) is 26.3 Å². The molecule has 1 heterocycles. The number of carbonyl (C=O) groups is 1. The maximum absolute atomic E-state index is 12.2. The summed E-state index contributed by atoms with van der Waals surface area (Å²) in [6.45, 7) is 4.46. The zero-order valence-corrected chi connectivity index (χ0v) is 13.3.